The first kappa shape index (κ1) is 15.4. The minimum Gasteiger partial charge on any atom is -0.352 e. The number of aromatic nitrogens is 1. The van der Waals surface area contributed by atoms with Crippen LogP contribution in [0.4, 0.5) is 0 Å². The first-order chi connectivity index (χ1) is 10.7. The Morgan fingerprint density at radius 3 is 2.82 bits per heavy atom. The molecule has 1 amide bonds. The lowest BCUT2D eigenvalue weighted by Gasteiger charge is -2.05. The molecule has 0 radical (unpaired) electrons. The van der Waals surface area contributed by atoms with Crippen LogP contribution >= 0.6 is 38.6 Å². The Morgan fingerprint density at radius 1 is 1.18 bits per heavy atom. The molecular formula is C16H13BrN2OS2. The second kappa shape index (κ2) is 7.17. The molecule has 0 aliphatic heterocycles. The number of thiazole rings is 1. The van der Waals surface area contributed by atoms with Crippen molar-refractivity contribution in [3.63, 3.8) is 0 Å². The van der Waals surface area contributed by atoms with E-state index in [0.717, 1.165) is 21.6 Å². The summed E-state index contributed by atoms with van der Waals surface area (Å²) < 4.78 is 0.807. The van der Waals surface area contributed by atoms with E-state index in [-0.39, 0.29) is 5.91 Å². The fraction of sp³-hybridized carbons (Fsp3) is 0.125. The van der Waals surface area contributed by atoms with E-state index < -0.39 is 0 Å². The highest BCUT2D eigenvalue weighted by Crippen LogP contribution is 2.27. The molecule has 0 unspecified atom stereocenters. The normalized spacial score (nSPS) is 10.6. The Balaban J connectivity index is 1.55. The van der Waals surface area contributed by atoms with Crippen LogP contribution in [0.5, 0.6) is 0 Å². The number of nitrogens with zero attached hydrogens (tertiary/aromatic N) is 1. The number of benzene rings is 1. The lowest BCUT2D eigenvalue weighted by Crippen LogP contribution is -2.26. The van der Waals surface area contributed by atoms with Crippen LogP contribution in [-0.2, 0) is 6.42 Å². The van der Waals surface area contributed by atoms with Crippen LogP contribution in [0.3, 0.4) is 0 Å². The molecule has 1 aromatic carbocycles. The van der Waals surface area contributed by atoms with E-state index in [9.17, 15) is 4.79 Å². The van der Waals surface area contributed by atoms with Crippen LogP contribution in [-0.4, -0.2) is 17.4 Å². The van der Waals surface area contributed by atoms with E-state index in [1.165, 1.54) is 4.88 Å². The van der Waals surface area contributed by atoms with Gasteiger partial charge in [-0.25, -0.2) is 4.98 Å². The molecule has 0 saturated heterocycles. The van der Waals surface area contributed by atoms with Crippen LogP contribution in [0.1, 0.15) is 16.1 Å². The van der Waals surface area contributed by atoms with Crippen LogP contribution in [0, 0.1) is 0 Å². The monoisotopic (exact) mass is 392 g/mol. The highest BCUT2D eigenvalue weighted by atomic mass is 79.9. The second-order valence-electron chi connectivity index (χ2n) is 4.61. The fourth-order valence-corrected chi connectivity index (χ4v) is 4.11. The number of amides is 1. The van der Waals surface area contributed by atoms with Gasteiger partial charge in [-0.15, -0.1) is 22.7 Å². The van der Waals surface area contributed by atoms with Crippen LogP contribution in [0.25, 0.3) is 9.88 Å². The van der Waals surface area contributed by atoms with Gasteiger partial charge in [0.15, 0.2) is 0 Å². The first-order valence-electron chi connectivity index (χ1n) is 6.75. The third kappa shape index (κ3) is 3.63. The Kier molecular flexibility index (Phi) is 5.02. The van der Waals surface area contributed by atoms with Crippen molar-refractivity contribution in [2.24, 2.45) is 0 Å². The average molecular weight is 393 g/mol. The van der Waals surface area contributed by atoms with Gasteiger partial charge in [-0.2, -0.15) is 0 Å². The summed E-state index contributed by atoms with van der Waals surface area (Å²) in [5.74, 6) is -0.0683. The Morgan fingerprint density at radius 2 is 2.05 bits per heavy atom. The minimum absolute atomic E-state index is 0.0683. The SMILES string of the molecule is O=C(NCCc1csc(-c2cccs2)n1)c1ccccc1Br. The lowest BCUT2D eigenvalue weighted by atomic mass is 10.2. The van der Waals surface area contributed by atoms with Crippen molar-refractivity contribution in [2.45, 2.75) is 6.42 Å². The molecule has 2 heterocycles. The van der Waals surface area contributed by atoms with Crippen LogP contribution in [0.15, 0.2) is 51.6 Å². The minimum atomic E-state index is -0.0683. The Bertz CT molecular complexity index is 768. The van der Waals surface area contributed by atoms with Gasteiger partial charge in [-0.05, 0) is 39.5 Å². The Hall–Kier alpha value is -1.50. The largest absolute Gasteiger partial charge is 0.352 e. The van der Waals surface area contributed by atoms with Crippen LogP contribution < -0.4 is 5.32 Å². The van der Waals surface area contributed by atoms with Crippen molar-refractivity contribution in [2.75, 3.05) is 6.54 Å². The highest BCUT2D eigenvalue weighted by Gasteiger charge is 2.09. The number of nitrogens with one attached hydrogen (secondary N) is 1. The van der Waals surface area contributed by atoms with E-state index in [0.29, 0.717) is 12.1 Å². The molecule has 2 aromatic heterocycles. The molecule has 0 aliphatic carbocycles. The molecule has 0 aliphatic rings. The van der Waals surface area contributed by atoms with Gasteiger partial charge in [0.2, 0.25) is 0 Å². The van der Waals surface area contributed by atoms with Crippen molar-refractivity contribution >= 4 is 44.5 Å². The summed E-state index contributed by atoms with van der Waals surface area (Å²) in [5.41, 5.74) is 1.67. The molecular weight excluding hydrogens is 380 g/mol. The average Bonchev–Trinajstić information content (AvgIpc) is 3.18. The number of carbonyl (C=O) groups is 1. The van der Waals surface area contributed by atoms with Crippen molar-refractivity contribution in [1.29, 1.82) is 0 Å². The molecule has 6 heteroatoms. The van der Waals surface area contributed by atoms with Gasteiger partial charge < -0.3 is 5.32 Å². The molecule has 0 fully saturated rings. The van der Waals surface area contributed by atoms with Crippen molar-refractivity contribution in [1.82, 2.24) is 10.3 Å². The maximum atomic E-state index is 12.1. The number of rotatable bonds is 5. The van der Waals surface area contributed by atoms with Gasteiger partial charge >= 0.3 is 0 Å². The number of carbonyl (C=O) groups excluding carboxylic acids is 1. The summed E-state index contributed by atoms with van der Waals surface area (Å²) in [4.78, 5) is 17.9. The molecule has 112 valence electrons. The summed E-state index contributed by atoms with van der Waals surface area (Å²) in [5, 5.41) is 8.08. The fourth-order valence-electron chi connectivity index (χ4n) is 1.98. The van der Waals surface area contributed by atoms with Gasteiger partial charge in [0.1, 0.15) is 5.01 Å². The maximum absolute atomic E-state index is 12.1. The molecule has 0 spiro atoms. The zero-order valence-corrected chi connectivity index (χ0v) is 14.8. The zero-order valence-electron chi connectivity index (χ0n) is 11.6. The molecule has 0 bridgehead atoms. The van der Waals surface area contributed by atoms with Gasteiger partial charge in [-0.3, -0.25) is 4.79 Å². The number of thiophene rings is 1. The highest BCUT2D eigenvalue weighted by molar-refractivity contribution is 9.10. The lowest BCUT2D eigenvalue weighted by molar-refractivity contribution is 0.0953. The molecule has 3 rings (SSSR count). The third-order valence-corrected chi connectivity index (χ3v) is 5.69. The van der Waals surface area contributed by atoms with Crippen molar-refractivity contribution < 1.29 is 4.79 Å². The second-order valence-corrected chi connectivity index (χ2v) is 7.27. The maximum Gasteiger partial charge on any atom is 0.252 e. The Labute approximate surface area is 145 Å². The predicted octanol–water partition coefficient (Wildman–Crippen LogP) is 4.61. The summed E-state index contributed by atoms with van der Waals surface area (Å²) in [6.45, 7) is 0.577. The van der Waals surface area contributed by atoms with E-state index in [2.05, 4.69) is 37.7 Å². The molecule has 1 N–H and O–H groups in total. The number of halogens is 1. The van der Waals surface area contributed by atoms with Crippen LogP contribution in [0.2, 0.25) is 0 Å². The molecule has 22 heavy (non-hydrogen) atoms. The first-order valence-corrected chi connectivity index (χ1v) is 9.30. The number of hydrogen-bond donors (Lipinski definition) is 1. The molecule has 3 nitrogen and oxygen atoms in total. The van der Waals surface area contributed by atoms with Gasteiger partial charge in [0.25, 0.3) is 5.91 Å². The predicted molar refractivity (Wildman–Crippen MR) is 95.6 cm³/mol. The molecule has 0 saturated carbocycles. The zero-order chi connectivity index (χ0) is 15.4. The van der Waals surface area contributed by atoms with Crippen molar-refractivity contribution in [3.05, 3.63) is 62.9 Å². The van der Waals surface area contributed by atoms with E-state index in [1.54, 1.807) is 28.7 Å². The third-order valence-electron chi connectivity index (χ3n) is 3.07. The summed E-state index contributed by atoms with van der Waals surface area (Å²) in [6.07, 6.45) is 0.734. The van der Waals surface area contributed by atoms with Gasteiger partial charge in [0.05, 0.1) is 16.1 Å². The summed E-state index contributed by atoms with van der Waals surface area (Å²) in [7, 11) is 0. The van der Waals surface area contributed by atoms with Gasteiger partial charge in [-0.1, -0.05) is 18.2 Å². The standard InChI is InChI=1S/C16H13BrN2OS2/c17-13-5-2-1-4-12(13)15(20)18-8-7-11-10-22-16(19-11)14-6-3-9-21-14/h1-6,9-10H,7-8H2,(H,18,20). The van der Waals surface area contributed by atoms with E-state index >= 15 is 0 Å². The quantitative estimate of drug-likeness (QED) is 0.688. The van der Waals surface area contributed by atoms with E-state index in [1.807, 2.05) is 29.6 Å². The molecule has 0 atom stereocenters. The smallest absolute Gasteiger partial charge is 0.252 e. The molecule has 3 aromatic rings. The van der Waals surface area contributed by atoms with E-state index in [4.69, 9.17) is 0 Å². The summed E-state index contributed by atoms with van der Waals surface area (Å²) >= 11 is 6.72. The topological polar surface area (TPSA) is 42.0 Å². The van der Waals surface area contributed by atoms with Gasteiger partial charge in [0, 0.05) is 22.8 Å². The number of hydrogen-bond acceptors (Lipinski definition) is 4. The summed E-state index contributed by atoms with van der Waals surface area (Å²) in [6, 6.07) is 11.5. The van der Waals surface area contributed by atoms with Crippen molar-refractivity contribution in [3.8, 4) is 9.88 Å².